The molecule has 2 N–H and O–H groups in total. The molecule has 5 aromatic rings. The molecule has 9 rings (SSSR count). The first-order valence-electron chi connectivity index (χ1n) is 34.1. The van der Waals surface area contributed by atoms with Crippen LogP contribution in [0.4, 0.5) is 4.79 Å². The van der Waals surface area contributed by atoms with E-state index in [1.807, 2.05) is 93.6 Å². The van der Waals surface area contributed by atoms with Gasteiger partial charge in [0.05, 0.1) is 67.2 Å². The number of hydrogen-bond donors (Lipinski definition) is 1. The number of esters is 4. The van der Waals surface area contributed by atoms with Crippen LogP contribution < -0.4 is 29.6 Å². The third-order valence-corrected chi connectivity index (χ3v) is 24.5. The number of halogens is 6. The number of aromatic carboxylic acids is 1. The molecule has 4 saturated heterocycles. The average molecular weight is 1970 g/mol. The molecule has 4 aliphatic rings. The molecule has 33 heteroatoms. The molecule has 24 nitrogen and oxygen atoms in total. The minimum absolute atomic E-state index is 0. The van der Waals surface area contributed by atoms with Gasteiger partial charge in [0, 0.05) is 130 Å². The van der Waals surface area contributed by atoms with Crippen LogP contribution in [0.2, 0.25) is 0 Å². The van der Waals surface area contributed by atoms with Crippen LogP contribution in [-0.2, 0) is 67.2 Å². The summed E-state index contributed by atoms with van der Waals surface area (Å²) in [6, 6.07) is 36.1. The molecule has 0 radical (unpaired) electrons. The normalized spacial score (nSPS) is 14.9. The summed E-state index contributed by atoms with van der Waals surface area (Å²) in [6.45, 7) is 13.1. The van der Waals surface area contributed by atoms with Gasteiger partial charge in [-0.25, -0.2) is 28.8 Å². The van der Waals surface area contributed by atoms with Crippen LogP contribution in [0.15, 0.2) is 132 Å². The number of rotatable bonds is 17. The number of methoxy groups -OCH3 is 4. The zero-order chi connectivity index (χ0) is 81.2. The fourth-order valence-electron chi connectivity index (χ4n) is 10.3. The summed E-state index contributed by atoms with van der Waals surface area (Å²) >= 11 is 20.2. The fourth-order valence-corrected chi connectivity index (χ4v) is 14.2. The van der Waals surface area contributed by atoms with Crippen molar-refractivity contribution >= 4 is 160 Å². The summed E-state index contributed by atoms with van der Waals surface area (Å²) < 4.78 is 60.4. The molecule has 606 valence electrons. The quantitative estimate of drug-likeness (QED) is 0.0297. The number of hydrogen-bond acceptors (Lipinski definition) is 22. The number of carboxylic acid groups (broad SMARTS) is 1. The van der Waals surface area contributed by atoms with Crippen molar-refractivity contribution in [3.63, 3.8) is 0 Å². The van der Waals surface area contributed by atoms with E-state index < -0.39 is 33.7 Å². The Hall–Kier alpha value is -3.95. The van der Waals surface area contributed by atoms with Crippen molar-refractivity contribution in [1.29, 1.82) is 0 Å². The summed E-state index contributed by atoms with van der Waals surface area (Å²) in [6.07, 6.45) is 9.59. The van der Waals surface area contributed by atoms with E-state index in [1.54, 1.807) is 74.8 Å². The van der Waals surface area contributed by atoms with Gasteiger partial charge in [0.15, 0.2) is 0 Å². The maximum Gasteiger partial charge on any atom is 1.00 e. The van der Waals surface area contributed by atoms with Gasteiger partial charge in [0.25, 0.3) is 0 Å². The maximum absolute atomic E-state index is 11.9. The summed E-state index contributed by atoms with van der Waals surface area (Å²) in [5, 5.41) is 9.66. The van der Waals surface area contributed by atoms with Crippen LogP contribution in [0.3, 0.4) is 0 Å². The molecule has 1 unspecified atom stereocenters. The van der Waals surface area contributed by atoms with Crippen LogP contribution >= 0.6 is 108 Å². The second-order valence-corrected chi connectivity index (χ2v) is 33.2. The Morgan fingerprint density at radius 3 is 1.25 bits per heavy atom. The number of amides is 1. The van der Waals surface area contributed by atoms with Gasteiger partial charge in [-0.2, -0.15) is 0 Å². The Kier molecular flexibility index (Phi) is 55.1. The van der Waals surface area contributed by atoms with E-state index in [9.17, 15) is 38.1 Å². The summed E-state index contributed by atoms with van der Waals surface area (Å²) in [7, 11) is 15.1. The molecule has 0 spiro atoms. The van der Waals surface area contributed by atoms with Gasteiger partial charge in [-0.1, -0.05) is 142 Å². The van der Waals surface area contributed by atoms with Crippen molar-refractivity contribution < 1.29 is 125 Å². The molecule has 1 atom stereocenters. The monoisotopic (exact) mass is 1960 g/mol. The summed E-state index contributed by atoms with van der Waals surface area (Å²) in [5.41, 5.74) is 10.3. The van der Waals surface area contributed by atoms with Crippen LogP contribution in [-0.4, -0.2) is 219 Å². The molecular weight excluding hydrogens is 1870 g/mol. The van der Waals surface area contributed by atoms with Gasteiger partial charge in [-0.05, 0) is 182 Å². The summed E-state index contributed by atoms with van der Waals surface area (Å²) in [4.78, 5) is 87.0. The van der Waals surface area contributed by atoms with Crippen LogP contribution in [0.25, 0.3) is 10.6 Å². The van der Waals surface area contributed by atoms with Gasteiger partial charge >= 0.3 is 81.7 Å². The average Bonchev–Trinajstić information content (AvgIpc) is 0.808. The molecule has 4 aliphatic heterocycles. The van der Waals surface area contributed by atoms with Crippen molar-refractivity contribution in [2.24, 2.45) is 0 Å². The number of carbonyl (C=O) groups excluding carboxylic acids is 6. The smallest absolute Gasteiger partial charge is 0.870 e. The first kappa shape index (κ1) is 106. The molecule has 110 heavy (non-hydrogen) atoms. The number of piperidine rings is 4. The van der Waals surface area contributed by atoms with Gasteiger partial charge in [-0.3, -0.25) is 9.36 Å². The van der Waals surface area contributed by atoms with Gasteiger partial charge in [0.2, 0.25) is 0 Å². The van der Waals surface area contributed by atoms with E-state index in [2.05, 4.69) is 162 Å². The number of alkyl halides is 3. The number of carboxylic acids is 1. The van der Waals surface area contributed by atoms with Gasteiger partial charge in [0.1, 0.15) is 11.4 Å². The van der Waals surface area contributed by atoms with E-state index in [4.69, 9.17) is 23.6 Å². The third-order valence-electron chi connectivity index (χ3n) is 16.8. The maximum atomic E-state index is 11.9. The molecule has 4 fully saturated rings. The topological polar surface area (TPSA) is 292 Å². The number of benzene rings is 5. The number of nitrogens with zero attached hydrogens (tertiary/aromatic N) is 4. The number of ether oxygens (including phenoxy) is 5. The number of ketones is 1. The molecular formula is C77H105Br6N4NaO20P2. The molecule has 0 saturated carbocycles. The van der Waals surface area contributed by atoms with Gasteiger partial charge in [-0.15, -0.1) is 0 Å². The van der Waals surface area contributed by atoms with Crippen molar-refractivity contribution in [3.05, 3.63) is 188 Å². The Bertz CT molecular complexity index is 3620. The van der Waals surface area contributed by atoms with Crippen LogP contribution in [0.1, 0.15) is 157 Å². The van der Waals surface area contributed by atoms with Crippen LogP contribution in [0.5, 0.6) is 0 Å². The van der Waals surface area contributed by atoms with Gasteiger partial charge < -0.3 is 76.5 Å². The Morgan fingerprint density at radius 2 is 0.900 bits per heavy atom. The molecule has 0 aliphatic carbocycles. The Balaban J connectivity index is 0.00000127. The van der Waals surface area contributed by atoms with Crippen LogP contribution in [0, 0.1) is 0 Å². The van der Waals surface area contributed by atoms with E-state index in [0.717, 1.165) is 110 Å². The Morgan fingerprint density at radius 1 is 0.545 bits per heavy atom. The minimum atomic E-state index is -3.06. The molecule has 0 bridgehead atoms. The zero-order valence-corrected chi connectivity index (χ0v) is 78.9. The van der Waals surface area contributed by atoms with Crippen molar-refractivity contribution in [1.82, 2.24) is 19.6 Å². The molecule has 4 heterocycles. The molecule has 1 amide bonds. The minimum Gasteiger partial charge on any atom is -0.870 e. The number of Topliss-reactive ketones (excluding diaryl/α,β-unsaturated/α-hetero) is 1. The SMILES string of the molecule is BrBr.CC(C)(C)OC(=O)N1CCC(=O)CC1.CN1CCC(=C(Br)c2ccc(C(=O)O)cc2)CC1.COC(=O)c1ccc(C(Br)C2(Br)CCN(C)CC2)cc1.COC(=O)c1ccc(C=C2CCN(C)CC2)cc1.COC(=O)c1ccc(CBr)cc1.COC(=O)c1ccc(CP(=O)(OC)OC)cc1.COP(OC)OC.[Na+].[OH-]. The van der Waals surface area contributed by atoms with Crippen molar-refractivity contribution in [2.75, 3.05) is 137 Å². The molecule has 0 aromatic heterocycles. The third kappa shape index (κ3) is 40.1. The fraction of sp³-hybridized carbons (Fsp3) is 0.468. The first-order valence-corrected chi connectivity index (χ1v) is 44.3. The van der Waals surface area contributed by atoms with Crippen molar-refractivity contribution in [3.8, 4) is 0 Å². The first-order chi connectivity index (χ1) is 51.3. The number of likely N-dealkylation sites (tertiary alicyclic amines) is 4. The Labute approximate surface area is 721 Å². The standard InChI is InChI=1S/C15H19Br2NO2.C15H19NO2.C14H16BrNO2.C11H15O5P.C10H17NO3.C9H9BrO2.C3H9O3P.Br2.Na.H2O/c1-18-9-7-15(17,8-10-18)13(16)11-3-5-12(6-4-11)14(19)20-2;1-16-9-7-13(8-10-16)11-12-3-5-14(6-4-12)15(17)18-2;1-16-8-6-11(7-9-16)13(15)10-2-4-12(5-3-10)14(17)18;1-14-11(12)10-6-4-9(5-7-10)8-17(13,15-2)16-3;1-10(2,3)14-9(13)11-6-4-8(12)5-7-11;1-12-9(11)8-4-2-7(6-10)3-5-8;1-4-7(5-2)6-3;1-2;;/h3-6,13H,7-10H2,1-2H3;3-6,11H,7-10H2,1-2H3;2-5H,6-9H2,1H3,(H,17,18);4-7H,8H2,1-3H3;4-7H2,1-3H3;2-5H,6H2,1H3;1-3H3;;;1H2/q;;;;;;;;+1;/p-1. The van der Waals surface area contributed by atoms with E-state index >= 15 is 0 Å². The van der Waals surface area contributed by atoms with E-state index in [1.165, 1.54) is 59.4 Å². The van der Waals surface area contributed by atoms with Crippen molar-refractivity contribution in [2.45, 2.75) is 98.4 Å². The predicted octanol–water partition coefficient (Wildman–Crippen LogP) is 15.7. The largest absolute Gasteiger partial charge is 1.00 e. The molecule has 5 aromatic carbocycles. The van der Waals surface area contributed by atoms with E-state index in [0.29, 0.717) is 53.7 Å². The second-order valence-electron chi connectivity index (χ2n) is 25.6. The zero-order valence-electron chi connectivity index (χ0n) is 65.6. The second kappa shape index (κ2) is 57.2. The predicted molar refractivity (Wildman–Crippen MR) is 450 cm³/mol. The number of carbonyl (C=O) groups is 7. The van der Waals surface area contributed by atoms with E-state index in [-0.39, 0.29) is 80.1 Å². The summed E-state index contributed by atoms with van der Waals surface area (Å²) in [5.74, 6) is -1.94.